The van der Waals surface area contributed by atoms with Crippen molar-refractivity contribution in [3.05, 3.63) is 52.3 Å². The Morgan fingerprint density at radius 2 is 2.10 bits per heavy atom. The van der Waals surface area contributed by atoms with Gasteiger partial charge in [-0.3, -0.25) is 0 Å². The van der Waals surface area contributed by atoms with Gasteiger partial charge in [-0.1, -0.05) is 17.7 Å². The molecule has 2 aromatic carbocycles. The smallest absolute Gasteiger partial charge is 0.340 e. The number of nitrogen functional groups attached to an aromatic ring is 1. The topological polar surface area (TPSA) is 64.3 Å². The third-order valence-corrected chi connectivity index (χ3v) is 3.34. The van der Waals surface area contributed by atoms with Crippen molar-refractivity contribution >= 4 is 34.6 Å². The van der Waals surface area contributed by atoms with Crippen LogP contribution in [0.5, 0.6) is 0 Å². The molecule has 4 nitrogen and oxygen atoms in total. The summed E-state index contributed by atoms with van der Waals surface area (Å²) in [6.07, 6.45) is 0. The Morgan fingerprint density at radius 1 is 1.38 bits per heavy atom. The number of rotatable bonds is 3. The van der Waals surface area contributed by atoms with Crippen molar-refractivity contribution in [2.24, 2.45) is 0 Å². The number of benzene rings is 2. The van der Waals surface area contributed by atoms with Gasteiger partial charge in [0.05, 0.1) is 23.4 Å². The Hall–Kier alpha value is -2.27. The van der Waals surface area contributed by atoms with Gasteiger partial charge in [-0.25, -0.2) is 9.18 Å². The molecule has 0 aliphatic carbocycles. The maximum absolute atomic E-state index is 13.6. The molecule has 0 aromatic heterocycles. The van der Waals surface area contributed by atoms with Gasteiger partial charge in [0.15, 0.2) is 0 Å². The van der Waals surface area contributed by atoms with E-state index in [4.69, 9.17) is 22.1 Å². The first-order valence-electron chi connectivity index (χ1n) is 6.13. The molecule has 0 aliphatic heterocycles. The zero-order chi connectivity index (χ0) is 15.6. The molecule has 0 saturated heterocycles. The highest BCUT2D eigenvalue weighted by Crippen LogP contribution is 2.33. The molecule has 0 radical (unpaired) electrons. The number of anilines is 3. The van der Waals surface area contributed by atoms with Gasteiger partial charge in [0.2, 0.25) is 0 Å². The first-order valence-corrected chi connectivity index (χ1v) is 6.51. The Kier molecular flexibility index (Phi) is 4.33. The largest absolute Gasteiger partial charge is 0.465 e. The summed E-state index contributed by atoms with van der Waals surface area (Å²) in [6, 6.07) is 7.56. The van der Waals surface area contributed by atoms with Crippen molar-refractivity contribution in [1.82, 2.24) is 0 Å². The monoisotopic (exact) mass is 308 g/mol. The van der Waals surface area contributed by atoms with Gasteiger partial charge in [-0.05, 0) is 31.2 Å². The molecule has 3 N–H and O–H groups in total. The Labute approximate surface area is 126 Å². The normalized spacial score (nSPS) is 10.3. The number of hydrogen-bond acceptors (Lipinski definition) is 4. The van der Waals surface area contributed by atoms with E-state index in [-0.39, 0.29) is 16.4 Å². The number of hydrogen-bond donors (Lipinski definition) is 2. The highest BCUT2D eigenvalue weighted by Gasteiger charge is 2.17. The highest BCUT2D eigenvalue weighted by atomic mass is 35.5. The van der Waals surface area contributed by atoms with Gasteiger partial charge in [0, 0.05) is 16.9 Å². The second kappa shape index (κ2) is 6.01. The lowest BCUT2D eigenvalue weighted by Crippen LogP contribution is -2.08. The number of methoxy groups -OCH3 is 1. The molecule has 0 fully saturated rings. The van der Waals surface area contributed by atoms with Gasteiger partial charge in [-0.15, -0.1) is 0 Å². The van der Waals surface area contributed by atoms with E-state index >= 15 is 0 Å². The molecule has 2 rings (SSSR count). The number of carbonyl (C=O) groups is 1. The molecule has 110 valence electrons. The van der Waals surface area contributed by atoms with E-state index in [1.165, 1.54) is 25.3 Å². The average molecular weight is 309 g/mol. The van der Waals surface area contributed by atoms with Crippen molar-refractivity contribution in [1.29, 1.82) is 0 Å². The average Bonchev–Trinajstić information content (AvgIpc) is 2.45. The van der Waals surface area contributed by atoms with Crippen molar-refractivity contribution in [2.75, 3.05) is 18.2 Å². The van der Waals surface area contributed by atoms with Gasteiger partial charge in [0.25, 0.3) is 0 Å². The lowest BCUT2D eigenvalue weighted by molar-refractivity contribution is 0.0602. The predicted molar refractivity (Wildman–Crippen MR) is 81.6 cm³/mol. The second-order valence-corrected chi connectivity index (χ2v) is 4.86. The van der Waals surface area contributed by atoms with E-state index in [9.17, 15) is 9.18 Å². The first-order chi connectivity index (χ1) is 9.93. The molecule has 0 atom stereocenters. The number of halogens is 2. The summed E-state index contributed by atoms with van der Waals surface area (Å²) >= 11 is 6.13. The predicted octanol–water partition coefficient (Wildman–Crippen LogP) is 3.90. The van der Waals surface area contributed by atoms with E-state index in [0.29, 0.717) is 22.6 Å². The van der Waals surface area contributed by atoms with Crippen LogP contribution in [0.15, 0.2) is 30.3 Å². The van der Waals surface area contributed by atoms with Crippen LogP contribution >= 0.6 is 11.6 Å². The van der Waals surface area contributed by atoms with Crippen LogP contribution in [-0.2, 0) is 4.74 Å². The summed E-state index contributed by atoms with van der Waals surface area (Å²) in [5, 5.41) is 3.21. The van der Waals surface area contributed by atoms with Gasteiger partial charge in [0.1, 0.15) is 5.82 Å². The maximum Gasteiger partial charge on any atom is 0.340 e. The fourth-order valence-corrected chi connectivity index (χ4v) is 2.18. The molecular weight excluding hydrogens is 295 g/mol. The van der Waals surface area contributed by atoms with E-state index in [1.54, 1.807) is 19.1 Å². The minimum absolute atomic E-state index is 0.186. The third kappa shape index (κ3) is 3.08. The van der Waals surface area contributed by atoms with E-state index in [2.05, 4.69) is 5.32 Å². The molecule has 0 saturated carbocycles. The molecule has 0 unspecified atom stereocenters. The zero-order valence-corrected chi connectivity index (χ0v) is 12.3. The van der Waals surface area contributed by atoms with Crippen LogP contribution in [0, 0.1) is 12.7 Å². The van der Waals surface area contributed by atoms with Gasteiger partial charge >= 0.3 is 5.97 Å². The van der Waals surface area contributed by atoms with E-state index in [1.807, 2.05) is 0 Å². The maximum atomic E-state index is 13.6. The summed E-state index contributed by atoms with van der Waals surface area (Å²) in [5.41, 5.74) is 7.46. The fraction of sp³-hybridized carbons (Fsp3) is 0.133. The fourth-order valence-electron chi connectivity index (χ4n) is 1.90. The van der Waals surface area contributed by atoms with E-state index in [0.717, 1.165) is 0 Å². The molecular formula is C15H14ClFN2O2. The minimum Gasteiger partial charge on any atom is -0.465 e. The molecule has 0 spiro atoms. The number of carbonyl (C=O) groups excluding carboxylic acids is 1. The highest BCUT2D eigenvalue weighted by molar-refractivity contribution is 6.34. The van der Waals surface area contributed by atoms with Crippen molar-refractivity contribution in [2.45, 2.75) is 6.92 Å². The number of esters is 1. The lowest BCUT2D eigenvalue weighted by atomic mass is 10.1. The molecule has 0 aliphatic rings. The van der Waals surface area contributed by atoms with Crippen LogP contribution in [0.3, 0.4) is 0 Å². The van der Waals surface area contributed by atoms with Crippen LogP contribution in [0.25, 0.3) is 0 Å². The SMILES string of the molecule is COC(=O)c1cc(N)cc(Cl)c1Nc1cccc(F)c1C. The van der Waals surface area contributed by atoms with Gasteiger partial charge in [-0.2, -0.15) is 0 Å². The molecule has 0 heterocycles. The summed E-state index contributed by atoms with van der Waals surface area (Å²) < 4.78 is 18.3. The first kappa shape index (κ1) is 15.1. The Bertz CT molecular complexity index is 704. The quantitative estimate of drug-likeness (QED) is 0.666. The number of ether oxygens (including phenoxy) is 1. The standard InChI is InChI=1S/C15H14ClFN2O2/c1-8-12(17)4-3-5-13(8)19-14-10(15(20)21-2)6-9(18)7-11(14)16/h3-7,19H,18H2,1-2H3. The molecule has 2 aromatic rings. The second-order valence-electron chi connectivity index (χ2n) is 4.45. The molecule has 6 heteroatoms. The summed E-state index contributed by atoms with van der Waals surface area (Å²) in [5.74, 6) is -0.938. The lowest BCUT2D eigenvalue weighted by Gasteiger charge is -2.15. The Balaban J connectivity index is 2.53. The van der Waals surface area contributed by atoms with Crippen LogP contribution in [-0.4, -0.2) is 13.1 Å². The molecule has 21 heavy (non-hydrogen) atoms. The van der Waals surface area contributed by atoms with Crippen molar-refractivity contribution < 1.29 is 13.9 Å². The number of nitrogens with one attached hydrogen (secondary N) is 1. The molecule has 0 amide bonds. The Morgan fingerprint density at radius 3 is 2.76 bits per heavy atom. The zero-order valence-electron chi connectivity index (χ0n) is 11.5. The minimum atomic E-state index is -0.583. The van der Waals surface area contributed by atoms with Crippen LogP contribution < -0.4 is 11.1 Å². The van der Waals surface area contributed by atoms with E-state index < -0.39 is 5.97 Å². The van der Waals surface area contributed by atoms with Crippen LogP contribution in [0.4, 0.5) is 21.5 Å². The van der Waals surface area contributed by atoms with Crippen LogP contribution in [0.1, 0.15) is 15.9 Å². The summed E-state index contributed by atoms with van der Waals surface area (Å²) in [6.45, 7) is 1.63. The van der Waals surface area contributed by atoms with Crippen molar-refractivity contribution in [3.8, 4) is 0 Å². The third-order valence-electron chi connectivity index (χ3n) is 3.05. The van der Waals surface area contributed by atoms with Crippen LogP contribution in [0.2, 0.25) is 5.02 Å². The molecule has 0 bridgehead atoms. The summed E-state index contributed by atoms with van der Waals surface area (Å²) in [7, 11) is 1.26. The van der Waals surface area contributed by atoms with Crippen molar-refractivity contribution in [3.63, 3.8) is 0 Å². The number of nitrogens with two attached hydrogens (primary N) is 1. The summed E-state index contributed by atoms with van der Waals surface area (Å²) in [4.78, 5) is 11.8. The van der Waals surface area contributed by atoms with Gasteiger partial charge < -0.3 is 15.8 Å².